The van der Waals surface area contributed by atoms with Crippen LogP contribution in [0.1, 0.15) is 48.5 Å². The number of benzene rings is 1. The highest BCUT2D eigenvalue weighted by Crippen LogP contribution is 2.58. The Kier molecular flexibility index (Phi) is 5.10. The van der Waals surface area contributed by atoms with Crippen LogP contribution < -0.4 is 5.32 Å². The number of nitrogens with zero attached hydrogens (tertiary/aromatic N) is 3. The van der Waals surface area contributed by atoms with Crippen LogP contribution in [-0.2, 0) is 11.3 Å². The lowest BCUT2D eigenvalue weighted by Gasteiger charge is -2.57. The molecule has 7 heteroatoms. The van der Waals surface area contributed by atoms with E-state index in [-0.39, 0.29) is 17.9 Å². The van der Waals surface area contributed by atoms with Crippen molar-refractivity contribution >= 4 is 33.2 Å². The van der Waals surface area contributed by atoms with E-state index in [0.717, 1.165) is 52.6 Å². The molecule has 1 aromatic carbocycles. The second kappa shape index (κ2) is 8.17. The maximum Gasteiger partial charge on any atom is 0.254 e. The third kappa shape index (κ3) is 3.74. The zero-order valence-corrected chi connectivity index (χ0v) is 19.8. The summed E-state index contributed by atoms with van der Waals surface area (Å²) in [6.45, 7) is 2.38. The molecule has 0 unspecified atom stereocenters. The Bertz CT molecular complexity index is 1360. The topological polar surface area (TPSA) is 76.9 Å². The van der Waals surface area contributed by atoms with Crippen LogP contribution in [0.3, 0.4) is 0 Å². The monoisotopic (exact) mass is 470 g/mol. The number of nitrogens with one attached hydrogen (secondary N) is 1. The summed E-state index contributed by atoms with van der Waals surface area (Å²) >= 11 is 1.61. The van der Waals surface area contributed by atoms with Gasteiger partial charge in [0.05, 0.1) is 15.8 Å². The molecule has 6 nitrogen and oxygen atoms in total. The Morgan fingerprint density at radius 3 is 2.53 bits per heavy atom. The summed E-state index contributed by atoms with van der Waals surface area (Å²) in [5, 5.41) is 5.21. The zero-order valence-electron chi connectivity index (χ0n) is 19.0. The number of amides is 1. The summed E-state index contributed by atoms with van der Waals surface area (Å²) in [5.74, 6) is 1.27. The molecule has 1 spiro atoms. The van der Waals surface area contributed by atoms with E-state index in [9.17, 15) is 9.59 Å². The number of fused-ring (bicyclic) bond motifs is 1. The number of thiophene rings is 1. The second-order valence-electron chi connectivity index (χ2n) is 9.87. The fourth-order valence-electron chi connectivity index (χ4n) is 5.67. The molecule has 0 radical (unpaired) electrons. The van der Waals surface area contributed by atoms with Gasteiger partial charge in [-0.05, 0) is 55.7 Å². The molecule has 6 rings (SSSR count). The molecule has 172 valence electrons. The van der Waals surface area contributed by atoms with E-state index in [0.29, 0.717) is 23.6 Å². The first-order valence-electron chi connectivity index (χ1n) is 11.7. The van der Waals surface area contributed by atoms with E-state index >= 15 is 0 Å². The minimum absolute atomic E-state index is 0.00469. The highest BCUT2D eigenvalue weighted by molar-refractivity contribution is 7.17. The van der Waals surface area contributed by atoms with Crippen LogP contribution in [0, 0.1) is 11.3 Å². The largest absolute Gasteiger partial charge is 0.349 e. The SMILES string of the molecule is CC(=O)C1CC2(CC(NC(=O)c3csc4ccn(Cc5ccc(-c6ncccn6)cc5)c34)C2)C1. The summed E-state index contributed by atoms with van der Waals surface area (Å²) in [7, 11) is 0. The average Bonchev–Trinajstić information content (AvgIpc) is 3.38. The molecule has 0 bridgehead atoms. The molecule has 4 aromatic rings. The molecule has 2 fully saturated rings. The lowest BCUT2D eigenvalue weighted by molar-refractivity contribution is -0.134. The summed E-state index contributed by atoms with van der Waals surface area (Å²) in [6, 6.07) is 12.4. The normalized spacial score (nSPS) is 23.4. The Morgan fingerprint density at radius 2 is 1.82 bits per heavy atom. The van der Waals surface area contributed by atoms with Gasteiger partial charge in [0.15, 0.2) is 5.82 Å². The van der Waals surface area contributed by atoms with Crippen LogP contribution in [0.5, 0.6) is 0 Å². The molecule has 3 aromatic heterocycles. The number of aromatic nitrogens is 3. The van der Waals surface area contributed by atoms with Crippen LogP contribution >= 0.6 is 11.3 Å². The first-order valence-corrected chi connectivity index (χ1v) is 12.6. The van der Waals surface area contributed by atoms with Crippen molar-refractivity contribution in [2.24, 2.45) is 11.3 Å². The number of Topliss-reactive ketones (excluding diaryl/α,β-unsaturated/α-hetero) is 1. The molecule has 2 aliphatic rings. The summed E-state index contributed by atoms with van der Waals surface area (Å²) in [6.07, 6.45) is 9.52. The van der Waals surface area contributed by atoms with E-state index in [1.807, 2.05) is 23.6 Å². The number of rotatable bonds is 6. The van der Waals surface area contributed by atoms with Crippen LogP contribution in [-0.4, -0.2) is 32.3 Å². The molecule has 3 heterocycles. The number of hydrogen-bond donors (Lipinski definition) is 1. The molecular formula is C27H26N4O2S. The van der Waals surface area contributed by atoms with Crippen LogP contribution in [0.2, 0.25) is 0 Å². The Labute approximate surface area is 202 Å². The molecule has 0 saturated heterocycles. The van der Waals surface area contributed by atoms with Crippen molar-refractivity contribution in [3.8, 4) is 11.4 Å². The smallest absolute Gasteiger partial charge is 0.254 e. The minimum atomic E-state index is 0.00469. The van der Waals surface area contributed by atoms with Gasteiger partial charge >= 0.3 is 0 Å². The second-order valence-corrected chi connectivity index (χ2v) is 10.8. The lowest BCUT2D eigenvalue weighted by atomic mass is 9.49. The standard InChI is InChI=1S/C27H26N4O2S/c1-17(32)20-11-27(12-20)13-21(14-27)30-26(33)22-16-34-23-7-10-31(24(22)23)15-18-3-5-19(6-4-18)25-28-8-2-9-29-25/h2-10,16,20-21H,11-15H2,1H3,(H,30,33). The Hall–Kier alpha value is -3.32. The van der Waals surface area contributed by atoms with Gasteiger partial charge in [0.2, 0.25) is 0 Å². The highest BCUT2D eigenvalue weighted by Gasteiger charge is 2.54. The molecule has 0 aliphatic heterocycles. The predicted molar refractivity (Wildman–Crippen MR) is 133 cm³/mol. The Balaban J connectivity index is 1.14. The minimum Gasteiger partial charge on any atom is -0.349 e. The van der Waals surface area contributed by atoms with Gasteiger partial charge in [-0.15, -0.1) is 11.3 Å². The van der Waals surface area contributed by atoms with Crippen LogP contribution in [0.4, 0.5) is 0 Å². The molecule has 1 N–H and O–H groups in total. The van der Waals surface area contributed by atoms with Crippen molar-refractivity contribution in [2.75, 3.05) is 0 Å². The number of carbonyl (C=O) groups excluding carboxylic acids is 2. The van der Waals surface area contributed by atoms with Crippen molar-refractivity contribution in [3.05, 3.63) is 71.5 Å². The van der Waals surface area contributed by atoms with Gasteiger partial charge in [-0.1, -0.05) is 24.3 Å². The number of ketones is 1. The molecule has 2 saturated carbocycles. The summed E-state index contributed by atoms with van der Waals surface area (Å²) in [4.78, 5) is 33.3. The van der Waals surface area contributed by atoms with Gasteiger partial charge in [-0.2, -0.15) is 0 Å². The van der Waals surface area contributed by atoms with Crippen molar-refractivity contribution in [1.29, 1.82) is 0 Å². The van der Waals surface area contributed by atoms with Crippen molar-refractivity contribution in [3.63, 3.8) is 0 Å². The fraction of sp³-hybridized carbons (Fsp3) is 0.333. The van der Waals surface area contributed by atoms with Gasteiger partial charge < -0.3 is 9.88 Å². The summed E-state index contributed by atoms with van der Waals surface area (Å²) < 4.78 is 3.27. The number of hydrogen-bond acceptors (Lipinski definition) is 5. The quantitative estimate of drug-likeness (QED) is 0.426. The van der Waals surface area contributed by atoms with E-state index in [1.54, 1.807) is 30.7 Å². The molecule has 34 heavy (non-hydrogen) atoms. The van der Waals surface area contributed by atoms with Gasteiger partial charge in [0, 0.05) is 48.0 Å². The maximum absolute atomic E-state index is 13.1. The van der Waals surface area contributed by atoms with Crippen molar-refractivity contribution in [1.82, 2.24) is 19.9 Å². The van der Waals surface area contributed by atoms with E-state index in [2.05, 4.69) is 44.2 Å². The highest BCUT2D eigenvalue weighted by atomic mass is 32.1. The fourth-order valence-corrected chi connectivity index (χ4v) is 6.61. The van der Waals surface area contributed by atoms with Gasteiger partial charge in [0.25, 0.3) is 5.91 Å². The van der Waals surface area contributed by atoms with Gasteiger partial charge in [0.1, 0.15) is 5.78 Å². The summed E-state index contributed by atoms with van der Waals surface area (Å²) in [5.41, 5.74) is 4.18. The zero-order chi connectivity index (χ0) is 23.3. The third-order valence-corrected chi connectivity index (χ3v) is 8.43. The third-order valence-electron chi connectivity index (χ3n) is 7.49. The first-order chi connectivity index (χ1) is 16.5. The van der Waals surface area contributed by atoms with E-state index < -0.39 is 0 Å². The van der Waals surface area contributed by atoms with Crippen LogP contribution in [0.25, 0.3) is 21.6 Å². The molecule has 0 atom stereocenters. The van der Waals surface area contributed by atoms with E-state index in [1.165, 1.54) is 0 Å². The predicted octanol–water partition coefficient (Wildman–Crippen LogP) is 5.09. The van der Waals surface area contributed by atoms with Crippen molar-refractivity contribution in [2.45, 2.75) is 45.2 Å². The average molecular weight is 471 g/mol. The maximum atomic E-state index is 13.1. The number of carbonyl (C=O) groups is 2. The lowest BCUT2D eigenvalue weighted by Crippen LogP contribution is -2.57. The van der Waals surface area contributed by atoms with Gasteiger partial charge in [-0.25, -0.2) is 9.97 Å². The van der Waals surface area contributed by atoms with Crippen LogP contribution in [0.15, 0.2) is 60.4 Å². The molecular weight excluding hydrogens is 444 g/mol. The van der Waals surface area contributed by atoms with Gasteiger partial charge in [-0.3, -0.25) is 9.59 Å². The Morgan fingerprint density at radius 1 is 1.09 bits per heavy atom. The molecule has 1 amide bonds. The first kappa shape index (κ1) is 21.2. The van der Waals surface area contributed by atoms with E-state index in [4.69, 9.17) is 0 Å². The molecule has 2 aliphatic carbocycles. The van der Waals surface area contributed by atoms with Crippen molar-refractivity contribution < 1.29 is 9.59 Å².